The third-order valence-electron chi connectivity index (χ3n) is 3.54. The molecule has 1 saturated heterocycles. The van der Waals surface area contributed by atoms with Crippen molar-refractivity contribution in [3.63, 3.8) is 0 Å². The molecule has 1 atom stereocenters. The first-order valence-corrected chi connectivity index (χ1v) is 6.90. The fourth-order valence-corrected chi connectivity index (χ4v) is 2.24. The summed E-state index contributed by atoms with van der Waals surface area (Å²) in [6.07, 6.45) is 8.22. The minimum Gasteiger partial charge on any atom is -0.360 e. The minimum absolute atomic E-state index is 0.0111. The van der Waals surface area contributed by atoms with E-state index in [1.165, 1.54) is 11.1 Å². The summed E-state index contributed by atoms with van der Waals surface area (Å²) in [7, 11) is 0. The van der Waals surface area contributed by atoms with E-state index in [1.807, 2.05) is 13.8 Å². The number of rotatable bonds is 5. The lowest BCUT2D eigenvalue weighted by Gasteiger charge is -2.18. The standard InChI is InChI=1S/C16H26O2/c1-6-8-12(2)9-7-10-13(3)14-11-15(17)16(4,5)18-14/h8,10,14H,6-7,9,11H2,1-5H3. The van der Waals surface area contributed by atoms with E-state index in [0.29, 0.717) is 6.42 Å². The Balaban J connectivity index is 2.48. The summed E-state index contributed by atoms with van der Waals surface area (Å²) in [5.74, 6) is 0.210. The molecule has 1 aliphatic rings. The quantitative estimate of drug-likeness (QED) is 0.683. The largest absolute Gasteiger partial charge is 0.360 e. The van der Waals surface area contributed by atoms with Crippen molar-refractivity contribution in [1.82, 2.24) is 0 Å². The van der Waals surface area contributed by atoms with Crippen LogP contribution in [0.25, 0.3) is 0 Å². The molecule has 102 valence electrons. The Morgan fingerprint density at radius 1 is 1.39 bits per heavy atom. The van der Waals surface area contributed by atoms with Crippen LogP contribution in [-0.2, 0) is 9.53 Å². The Bertz CT molecular complexity index is 361. The van der Waals surface area contributed by atoms with Crippen LogP contribution in [0.5, 0.6) is 0 Å². The SMILES string of the molecule is CCC=C(C)CCC=C(C)C1CC(=O)C(C)(C)O1. The number of carbonyl (C=O) groups excluding carboxylic acids is 1. The van der Waals surface area contributed by atoms with Gasteiger partial charge in [-0.2, -0.15) is 0 Å². The maximum atomic E-state index is 11.7. The van der Waals surface area contributed by atoms with Gasteiger partial charge in [0.1, 0.15) is 5.60 Å². The van der Waals surface area contributed by atoms with Crippen LogP contribution in [0.4, 0.5) is 0 Å². The van der Waals surface area contributed by atoms with Gasteiger partial charge in [0.2, 0.25) is 0 Å². The molecule has 0 aromatic rings. The summed E-state index contributed by atoms with van der Waals surface area (Å²) in [5.41, 5.74) is 2.03. The lowest BCUT2D eigenvalue weighted by Crippen LogP contribution is -2.27. The van der Waals surface area contributed by atoms with Gasteiger partial charge in [-0.15, -0.1) is 0 Å². The Kier molecular flexibility index (Phi) is 5.33. The molecule has 0 bridgehead atoms. The zero-order chi connectivity index (χ0) is 13.8. The maximum absolute atomic E-state index is 11.7. The van der Waals surface area contributed by atoms with Gasteiger partial charge in [0, 0.05) is 6.42 Å². The average Bonchev–Trinajstić information content (AvgIpc) is 2.54. The second-order valence-electron chi connectivity index (χ2n) is 5.69. The van der Waals surface area contributed by atoms with E-state index in [0.717, 1.165) is 19.3 Å². The molecule has 0 radical (unpaired) electrons. The van der Waals surface area contributed by atoms with Crippen LogP contribution in [0.2, 0.25) is 0 Å². The van der Waals surface area contributed by atoms with Crippen molar-refractivity contribution in [2.24, 2.45) is 0 Å². The maximum Gasteiger partial charge on any atom is 0.167 e. The molecule has 0 aromatic heterocycles. The fraction of sp³-hybridized carbons (Fsp3) is 0.688. The van der Waals surface area contributed by atoms with E-state index in [4.69, 9.17) is 4.74 Å². The highest BCUT2D eigenvalue weighted by atomic mass is 16.5. The molecule has 2 nitrogen and oxygen atoms in total. The van der Waals surface area contributed by atoms with Gasteiger partial charge >= 0.3 is 0 Å². The number of carbonyl (C=O) groups is 1. The van der Waals surface area contributed by atoms with Crippen molar-refractivity contribution >= 4 is 5.78 Å². The number of Topliss-reactive ketones (excluding diaryl/α,β-unsaturated/α-hetero) is 1. The molecule has 2 heteroatoms. The first-order chi connectivity index (χ1) is 8.36. The lowest BCUT2D eigenvalue weighted by molar-refractivity contribution is -0.129. The summed E-state index contributed by atoms with van der Waals surface area (Å²) >= 11 is 0. The number of hydrogen-bond acceptors (Lipinski definition) is 2. The molecule has 1 fully saturated rings. The van der Waals surface area contributed by atoms with Gasteiger partial charge in [-0.05, 0) is 52.5 Å². The normalized spacial score (nSPS) is 24.7. The van der Waals surface area contributed by atoms with E-state index in [-0.39, 0.29) is 11.9 Å². The molecule has 1 heterocycles. The van der Waals surface area contributed by atoms with Crippen molar-refractivity contribution in [3.05, 3.63) is 23.3 Å². The molecule has 0 saturated carbocycles. The third-order valence-corrected chi connectivity index (χ3v) is 3.54. The van der Waals surface area contributed by atoms with Crippen LogP contribution >= 0.6 is 0 Å². The number of ether oxygens (including phenoxy) is 1. The molecule has 0 spiro atoms. The molecule has 0 N–H and O–H groups in total. The summed E-state index contributed by atoms with van der Waals surface area (Å²) in [6, 6.07) is 0. The van der Waals surface area contributed by atoms with Crippen LogP contribution < -0.4 is 0 Å². The van der Waals surface area contributed by atoms with E-state index >= 15 is 0 Å². The fourth-order valence-electron chi connectivity index (χ4n) is 2.24. The number of allylic oxidation sites excluding steroid dienone is 3. The van der Waals surface area contributed by atoms with Crippen molar-refractivity contribution in [2.45, 2.75) is 72.0 Å². The van der Waals surface area contributed by atoms with E-state index in [1.54, 1.807) is 0 Å². The molecule has 1 unspecified atom stereocenters. The van der Waals surface area contributed by atoms with Crippen molar-refractivity contribution in [3.8, 4) is 0 Å². The predicted molar refractivity (Wildman–Crippen MR) is 75.6 cm³/mol. The van der Waals surface area contributed by atoms with Crippen LogP contribution in [-0.4, -0.2) is 17.5 Å². The van der Waals surface area contributed by atoms with Gasteiger partial charge in [-0.25, -0.2) is 0 Å². The van der Waals surface area contributed by atoms with Crippen molar-refractivity contribution in [1.29, 1.82) is 0 Å². The van der Waals surface area contributed by atoms with E-state index < -0.39 is 5.60 Å². The van der Waals surface area contributed by atoms with Crippen LogP contribution in [0.3, 0.4) is 0 Å². The first-order valence-electron chi connectivity index (χ1n) is 6.90. The molecule has 0 aromatic carbocycles. The average molecular weight is 250 g/mol. The Hall–Kier alpha value is -0.890. The Morgan fingerprint density at radius 2 is 2.06 bits per heavy atom. The highest BCUT2D eigenvalue weighted by Gasteiger charge is 2.40. The smallest absolute Gasteiger partial charge is 0.167 e. The highest BCUT2D eigenvalue weighted by Crippen LogP contribution is 2.30. The molecular weight excluding hydrogens is 224 g/mol. The zero-order valence-corrected chi connectivity index (χ0v) is 12.4. The van der Waals surface area contributed by atoms with Gasteiger partial charge < -0.3 is 4.74 Å². The monoisotopic (exact) mass is 250 g/mol. The molecule has 0 amide bonds. The van der Waals surface area contributed by atoms with Gasteiger partial charge in [-0.1, -0.05) is 24.6 Å². The van der Waals surface area contributed by atoms with Gasteiger partial charge in [0.05, 0.1) is 6.10 Å². The van der Waals surface area contributed by atoms with Crippen LogP contribution in [0.15, 0.2) is 23.3 Å². The minimum atomic E-state index is -0.599. The molecule has 1 aliphatic heterocycles. The number of hydrogen-bond donors (Lipinski definition) is 0. The van der Waals surface area contributed by atoms with E-state index in [2.05, 4.69) is 32.9 Å². The molecule has 18 heavy (non-hydrogen) atoms. The highest BCUT2D eigenvalue weighted by molar-refractivity contribution is 5.89. The molecule has 0 aliphatic carbocycles. The predicted octanol–water partition coefficient (Wildman–Crippen LogP) is 4.21. The molecule has 1 rings (SSSR count). The Labute approximate surface area is 111 Å². The lowest BCUT2D eigenvalue weighted by atomic mass is 10.0. The topological polar surface area (TPSA) is 26.3 Å². The first kappa shape index (κ1) is 15.2. The summed E-state index contributed by atoms with van der Waals surface area (Å²) < 4.78 is 5.80. The van der Waals surface area contributed by atoms with E-state index in [9.17, 15) is 4.79 Å². The second-order valence-corrected chi connectivity index (χ2v) is 5.69. The third kappa shape index (κ3) is 4.09. The second kappa shape index (κ2) is 6.33. The summed E-state index contributed by atoms with van der Waals surface area (Å²) in [4.78, 5) is 11.7. The summed E-state index contributed by atoms with van der Waals surface area (Å²) in [6.45, 7) is 10.1. The van der Waals surface area contributed by atoms with Gasteiger partial charge in [-0.3, -0.25) is 4.79 Å². The van der Waals surface area contributed by atoms with Crippen molar-refractivity contribution in [2.75, 3.05) is 0 Å². The van der Waals surface area contributed by atoms with Crippen LogP contribution in [0.1, 0.15) is 60.3 Å². The zero-order valence-electron chi connectivity index (χ0n) is 12.4. The Morgan fingerprint density at radius 3 is 2.56 bits per heavy atom. The number of ketones is 1. The van der Waals surface area contributed by atoms with Crippen LogP contribution in [0, 0.1) is 0 Å². The van der Waals surface area contributed by atoms with Gasteiger partial charge in [0.25, 0.3) is 0 Å². The van der Waals surface area contributed by atoms with Gasteiger partial charge in [0.15, 0.2) is 5.78 Å². The van der Waals surface area contributed by atoms with Crippen molar-refractivity contribution < 1.29 is 9.53 Å². The summed E-state index contributed by atoms with van der Waals surface area (Å²) in [5, 5.41) is 0. The molecular formula is C16H26O2.